The molecule has 208 valence electrons. The lowest BCUT2D eigenvalue weighted by Gasteiger charge is -2.33. The summed E-state index contributed by atoms with van der Waals surface area (Å²) >= 11 is 0. The third kappa shape index (κ3) is 7.29. The number of anilines is 1. The van der Waals surface area contributed by atoms with E-state index >= 15 is 0 Å². The molecule has 2 amide bonds. The van der Waals surface area contributed by atoms with Crippen LogP contribution in [-0.4, -0.2) is 58.5 Å². The molecule has 0 aromatic heterocycles. The SMILES string of the molecule is CCNC(=O)[C@H](CC)N(Cc1cccc(OC)c1)C(=O)CN(c1ccc(OC)cc1)S(=O)(=O)c1ccccc1. The normalized spacial score (nSPS) is 11.8. The standard InChI is InChI=1S/C29H35N3O6S/c1-5-27(29(34)30-6-2)31(20-22-11-10-12-25(19-22)38-4)28(33)21-32(23-15-17-24(37-3)18-16-23)39(35,36)26-13-8-7-9-14-26/h7-19,27H,5-6,20-21H2,1-4H3,(H,30,34)/t27-/m0/s1. The quantitative estimate of drug-likeness (QED) is 0.345. The first-order valence-corrected chi connectivity index (χ1v) is 14.1. The van der Waals surface area contributed by atoms with E-state index in [0.29, 0.717) is 30.2 Å². The number of amides is 2. The van der Waals surface area contributed by atoms with Gasteiger partial charge in [-0.3, -0.25) is 13.9 Å². The summed E-state index contributed by atoms with van der Waals surface area (Å²) in [5.41, 5.74) is 1.03. The number of hydrogen-bond acceptors (Lipinski definition) is 6. The van der Waals surface area contributed by atoms with E-state index in [1.54, 1.807) is 74.7 Å². The molecule has 9 nitrogen and oxygen atoms in total. The summed E-state index contributed by atoms with van der Waals surface area (Å²) < 4.78 is 39.2. The van der Waals surface area contributed by atoms with Gasteiger partial charge in [0, 0.05) is 13.1 Å². The summed E-state index contributed by atoms with van der Waals surface area (Å²) in [6.45, 7) is 3.60. The Hall–Kier alpha value is -4.05. The van der Waals surface area contributed by atoms with Crippen LogP contribution in [0.15, 0.2) is 83.8 Å². The van der Waals surface area contributed by atoms with Gasteiger partial charge in [0.05, 0.1) is 24.8 Å². The van der Waals surface area contributed by atoms with Gasteiger partial charge in [-0.2, -0.15) is 0 Å². The molecule has 3 rings (SSSR count). The molecule has 1 atom stereocenters. The van der Waals surface area contributed by atoms with Crippen LogP contribution in [0.5, 0.6) is 11.5 Å². The molecule has 10 heteroatoms. The van der Waals surface area contributed by atoms with Gasteiger partial charge in [0.25, 0.3) is 10.0 Å². The highest BCUT2D eigenvalue weighted by Crippen LogP contribution is 2.27. The third-order valence-electron chi connectivity index (χ3n) is 6.19. The summed E-state index contributed by atoms with van der Waals surface area (Å²) in [5.74, 6) is 0.325. The molecular formula is C29H35N3O6S. The molecule has 0 aliphatic heterocycles. The van der Waals surface area contributed by atoms with Crippen LogP contribution in [0.25, 0.3) is 0 Å². The van der Waals surface area contributed by atoms with E-state index in [1.165, 1.54) is 24.1 Å². The number of carbonyl (C=O) groups excluding carboxylic acids is 2. The second-order valence-electron chi connectivity index (χ2n) is 8.71. The number of carbonyl (C=O) groups is 2. The van der Waals surface area contributed by atoms with Gasteiger partial charge >= 0.3 is 0 Å². The first kappa shape index (κ1) is 29.5. The average molecular weight is 554 g/mol. The van der Waals surface area contributed by atoms with Crippen LogP contribution in [0.1, 0.15) is 25.8 Å². The molecule has 0 unspecified atom stereocenters. The fourth-order valence-electron chi connectivity index (χ4n) is 4.18. The summed E-state index contributed by atoms with van der Waals surface area (Å²) in [5, 5.41) is 2.79. The molecule has 1 N–H and O–H groups in total. The first-order valence-electron chi connectivity index (χ1n) is 12.7. The van der Waals surface area contributed by atoms with Crippen molar-refractivity contribution in [1.82, 2.24) is 10.2 Å². The Labute approximate surface area is 230 Å². The topological polar surface area (TPSA) is 105 Å². The van der Waals surface area contributed by atoms with Crippen molar-refractivity contribution in [3.8, 4) is 11.5 Å². The number of rotatable bonds is 13. The van der Waals surface area contributed by atoms with Crippen molar-refractivity contribution in [3.05, 3.63) is 84.4 Å². The first-order chi connectivity index (χ1) is 18.7. The van der Waals surface area contributed by atoms with Gasteiger partial charge in [-0.15, -0.1) is 0 Å². The van der Waals surface area contributed by atoms with E-state index in [0.717, 1.165) is 9.87 Å². The monoisotopic (exact) mass is 553 g/mol. The molecule has 0 fully saturated rings. The molecule has 3 aromatic carbocycles. The maximum absolute atomic E-state index is 14.0. The summed E-state index contributed by atoms with van der Waals surface area (Å²) in [6.07, 6.45) is 0.343. The number of hydrogen-bond donors (Lipinski definition) is 1. The summed E-state index contributed by atoms with van der Waals surface area (Å²) in [7, 11) is -1.06. The third-order valence-corrected chi connectivity index (χ3v) is 7.98. The molecule has 0 radical (unpaired) electrons. The van der Waals surface area contributed by atoms with Gasteiger partial charge in [-0.1, -0.05) is 37.3 Å². The van der Waals surface area contributed by atoms with E-state index in [4.69, 9.17) is 9.47 Å². The lowest BCUT2D eigenvalue weighted by molar-refractivity contribution is -0.140. The van der Waals surface area contributed by atoms with Crippen molar-refractivity contribution in [2.24, 2.45) is 0 Å². The second kappa shape index (κ2) is 13.7. The lowest BCUT2D eigenvalue weighted by Crippen LogP contribution is -2.52. The smallest absolute Gasteiger partial charge is 0.264 e. The van der Waals surface area contributed by atoms with E-state index in [-0.39, 0.29) is 17.3 Å². The number of likely N-dealkylation sites (N-methyl/N-ethyl adjacent to an activating group) is 1. The molecule has 0 saturated carbocycles. The Morgan fingerprint density at radius 1 is 0.872 bits per heavy atom. The van der Waals surface area contributed by atoms with Crippen LogP contribution in [0.3, 0.4) is 0 Å². The van der Waals surface area contributed by atoms with Gasteiger partial charge in [0.1, 0.15) is 24.1 Å². The highest BCUT2D eigenvalue weighted by Gasteiger charge is 2.33. The van der Waals surface area contributed by atoms with Crippen molar-refractivity contribution in [3.63, 3.8) is 0 Å². The number of nitrogens with one attached hydrogen (secondary N) is 1. The van der Waals surface area contributed by atoms with Gasteiger partial charge in [0.2, 0.25) is 11.8 Å². The minimum absolute atomic E-state index is 0.0451. The highest BCUT2D eigenvalue weighted by atomic mass is 32.2. The van der Waals surface area contributed by atoms with Gasteiger partial charge in [-0.25, -0.2) is 8.42 Å². The summed E-state index contributed by atoms with van der Waals surface area (Å²) in [4.78, 5) is 28.5. The van der Waals surface area contributed by atoms with Crippen LogP contribution < -0.4 is 19.1 Å². The Morgan fingerprint density at radius 2 is 1.54 bits per heavy atom. The maximum atomic E-state index is 14.0. The van der Waals surface area contributed by atoms with Gasteiger partial charge in [-0.05, 0) is 67.4 Å². The maximum Gasteiger partial charge on any atom is 0.264 e. The minimum atomic E-state index is -4.12. The zero-order valence-corrected chi connectivity index (χ0v) is 23.5. The predicted octanol–water partition coefficient (Wildman–Crippen LogP) is 3.84. The van der Waals surface area contributed by atoms with Crippen molar-refractivity contribution >= 4 is 27.5 Å². The molecule has 3 aromatic rings. The van der Waals surface area contributed by atoms with Crippen molar-refractivity contribution in [2.45, 2.75) is 37.8 Å². The van der Waals surface area contributed by atoms with Crippen LogP contribution in [-0.2, 0) is 26.2 Å². The van der Waals surface area contributed by atoms with Gasteiger partial charge in [0.15, 0.2) is 0 Å². The van der Waals surface area contributed by atoms with E-state index in [1.807, 2.05) is 13.0 Å². The number of benzene rings is 3. The molecule has 39 heavy (non-hydrogen) atoms. The number of nitrogens with zero attached hydrogens (tertiary/aromatic N) is 2. The number of ether oxygens (including phenoxy) is 2. The molecule has 0 spiro atoms. The Morgan fingerprint density at radius 3 is 2.13 bits per heavy atom. The predicted molar refractivity (Wildman–Crippen MR) is 150 cm³/mol. The zero-order chi connectivity index (χ0) is 28.4. The van der Waals surface area contributed by atoms with Crippen LogP contribution >= 0.6 is 0 Å². The molecule has 0 aliphatic carbocycles. The molecular weight excluding hydrogens is 518 g/mol. The zero-order valence-electron chi connectivity index (χ0n) is 22.7. The number of methoxy groups -OCH3 is 2. The number of sulfonamides is 1. The fraction of sp³-hybridized carbons (Fsp3) is 0.310. The van der Waals surface area contributed by atoms with Crippen LogP contribution in [0.2, 0.25) is 0 Å². The van der Waals surface area contributed by atoms with E-state index in [2.05, 4.69) is 5.32 Å². The van der Waals surface area contributed by atoms with Crippen LogP contribution in [0.4, 0.5) is 5.69 Å². The Bertz CT molecular complexity index is 1350. The molecule has 0 saturated heterocycles. The minimum Gasteiger partial charge on any atom is -0.497 e. The second-order valence-corrected chi connectivity index (χ2v) is 10.6. The van der Waals surface area contributed by atoms with E-state index in [9.17, 15) is 18.0 Å². The van der Waals surface area contributed by atoms with Crippen LogP contribution in [0, 0.1) is 0 Å². The highest BCUT2D eigenvalue weighted by molar-refractivity contribution is 7.92. The lowest BCUT2D eigenvalue weighted by atomic mass is 10.1. The average Bonchev–Trinajstić information content (AvgIpc) is 2.96. The van der Waals surface area contributed by atoms with Crippen molar-refractivity contribution in [2.75, 3.05) is 31.6 Å². The molecule has 0 bridgehead atoms. The largest absolute Gasteiger partial charge is 0.497 e. The summed E-state index contributed by atoms with van der Waals surface area (Å²) in [6, 6.07) is 20.7. The van der Waals surface area contributed by atoms with Crippen molar-refractivity contribution < 1.29 is 27.5 Å². The Kier molecular flexibility index (Phi) is 10.3. The molecule has 0 aliphatic rings. The van der Waals surface area contributed by atoms with E-state index < -0.39 is 28.5 Å². The van der Waals surface area contributed by atoms with Gasteiger partial charge < -0.3 is 19.7 Å². The fourth-order valence-corrected chi connectivity index (χ4v) is 5.61. The van der Waals surface area contributed by atoms with Crippen molar-refractivity contribution in [1.29, 1.82) is 0 Å². The molecule has 0 heterocycles. The Balaban J connectivity index is 2.05.